The smallest absolute Gasteiger partial charge is 0.270 e. The fourth-order valence-electron chi connectivity index (χ4n) is 4.21. The monoisotopic (exact) mass is 397 g/mol. The minimum Gasteiger partial charge on any atom is -0.345 e. The maximum absolute atomic E-state index is 13.1. The molecule has 1 N–H and O–H groups in total. The van der Waals surface area contributed by atoms with Gasteiger partial charge >= 0.3 is 0 Å². The van der Waals surface area contributed by atoms with Crippen LogP contribution in [-0.4, -0.2) is 39.6 Å². The van der Waals surface area contributed by atoms with Crippen molar-refractivity contribution in [1.82, 2.24) is 14.8 Å². The van der Waals surface area contributed by atoms with Crippen molar-refractivity contribution in [2.45, 2.75) is 56.8 Å². The number of likely N-dealkylation sites (tertiary alicyclic amines) is 1. The lowest BCUT2D eigenvalue weighted by atomic mass is 10.0. The molecule has 2 aliphatic rings. The van der Waals surface area contributed by atoms with Crippen molar-refractivity contribution in [2.75, 3.05) is 12.3 Å². The van der Waals surface area contributed by atoms with Crippen LogP contribution in [0.2, 0.25) is 0 Å². The van der Waals surface area contributed by atoms with E-state index in [0.717, 1.165) is 48.7 Å². The third-order valence-electron chi connectivity index (χ3n) is 5.79. The van der Waals surface area contributed by atoms with Crippen LogP contribution in [0, 0.1) is 0 Å². The van der Waals surface area contributed by atoms with Gasteiger partial charge in [0.05, 0.1) is 16.6 Å². The van der Waals surface area contributed by atoms with Crippen molar-refractivity contribution in [1.29, 1.82) is 0 Å². The lowest BCUT2D eigenvalue weighted by Crippen LogP contribution is -2.34. The summed E-state index contributed by atoms with van der Waals surface area (Å²) in [7, 11) is 0. The van der Waals surface area contributed by atoms with Crippen molar-refractivity contribution < 1.29 is 9.59 Å². The molecule has 0 bridgehead atoms. The first-order chi connectivity index (χ1) is 13.6. The van der Waals surface area contributed by atoms with E-state index in [9.17, 15) is 9.59 Å². The van der Waals surface area contributed by atoms with E-state index in [1.54, 1.807) is 11.8 Å². The highest BCUT2D eigenvalue weighted by atomic mass is 32.2. The molecule has 28 heavy (non-hydrogen) atoms. The molecule has 5 nitrogen and oxygen atoms in total. The molecule has 0 radical (unpaired) electrons. The Labute approximate surface area is 170 Å². The SMILES string of the molecule is CCC(NC(=O)c1cc(C(=O)N2CCCC2C)n2c1SCC2)c1ccccc1. The number of amides is 2. The van der Waals surface area contributed by atoms with Gasteiger partial charge in [-0.2, -0.15) is 0 Å². The molecule has 2 amide bonds. The van der Waals surface area contributed by atoms with Crippen LogP contribution in [0.15, 0.2) is 41.4 Å². The number of aromatic nitrogens is 1. The molecular formula is C22H27N3O2S. The van der Waals surface area contributed by atoms with E-state index >= 15 is 0 Å². The van der Waals surface area contributed by atoms with E-state index in [-0.39, 0.29) is 23.9 Å². The van der Waals surface area contributed by atoms with E-state index in [2.05, 4.69) is 19.2 Å². The van der Waals surface area contributed by atoms with Crippen LogP contribution in [0.1, 0.15) is 65.6 Å². The van der Waals surface area contributed by atoms with Crippen molar-refractivity contribution in [3.8, 4) is 0 Å². The molecule has 3 heterocycles. The second kappa shape index (κ2) is 8.03. The zero-order chi connectivity index (χ0) is 19.7. The average Bonchev–Trinajstić information content (AvgIpc) is 3.42. The molecule has 0 spiro atoms. The van der Waals surface area contributed by atoms with Crippen LogP contribution in [0.4, 0.5) is 0 Å². The van der Waals surface area contributed by atoms with Gasteiger partial charge in [-0.05, 0) is 37.8 Å². The van der Waals surface area contributed by atoms with Crippen molar-refractivity contribution in [2.24, 2.45) is 0 Å². The van der Waals surface area contributed by atoms with E-state index in [1.807, 2.05) is 45.9 Å². The first-order valence-corrected chi connectivity index (χ1v) is 11.1. The Morgan fingerprint density at radius 2 is 2.04 bits per heavy atom. The molecule has 1 aromatic heterocycles. The number of rotatable bonds is 5. The van der Waals surface area contributed by atoms with Crippen LogP contribution >= 0.6 is 11.8 Å². The van der Waals surface area contributed by atoms with Gasteiger partial charge in [0, 0.05) is 24.9 Å². The van der Waals surface area contributed by atoms with E-state index < -0.39 is 0 Å². The van der Waals surface area contributed by atoms with E-state index in [0.29, 0.717) is 11.3 Å². The molecule has 4 rings (SSSR count). The fourth-order valence-corrected chi connectivity index (χ4v) is 5.33. The Bertz CT molecular complexity index is 877. The van der Waals surface area contributed by atoms with Crippen LogP contribution < -0.4 is 5.32 Å². The maximum atomic E-state index is 13.1. The van der Waals surface area contributed by atoms with Gasteiger partial charge in [-0.1, -0.05) is 37.3 Å². The lowest BCUT2D eigenvalue weighted by molar-refractivity contribution is 0.0736. The Kier molecular flexibility index (Phi) is 5.49. The van der Waals surface area contributed by atoms with Crippen molar-refractivity contribution in [3.63, 3.8) is 0 Å². The van der Waals surface area contributed by atoms with Gasteiger partial charge in [0.1, 0.15) is 5.69 Å². The van der Waals surface area contributed by atoms with Gasteiger partial charge in [0.15, 0.2) is 0 Å². The standard InChI is InChI=1S/C22H27N3O2S/c1-3-18(16-9-5-4-6-10-16)23-20(26)17-14-19(25-12-13-28-22(17)25)21(27)24-11-7-8-15(24)2/h4-6,9-10,14-15,18H,3,7-8,11-13H2,1-2H3,(H,23,26). The third kappa shape index (κ3) is 3.46. The number of carbonyl (C=O) groups excluding carboxylic acids is 2. The molecule has 1 saturated heterocycles. The predicted molar refractivity (Wildman–Crippen MR) is 112 cm³/mol. The van der Waals surface area contributed by atoms with Gasteiger partial charge in [-0.25, -0.2) is 0 Å². The minimum atomic E-state index is -0.0950. The van der Waals surface area contributed by atoms with E-state index in [1.165, 1.54) is 0 Å². The number of carbonyl (C=O) groups is 2. The van der Waals surface area contributed by atoms with E-state index in [4.69, 9.17) is 0 Å². The highest BCUT2D eigenvalue weighted by Crippen LogP contribution is 2.34. The second-order valence-corrected chi connectivity index (χ2v) is 8.67. The number of thioether (sulfide) groups is 1. The molecule has 2 atom stereocenters. The first-order valence-electron chi connectivity index (χ1n) is 10.1. The summed E-state index contributed by atoms with van der Waals surface area (Å²) in [5.74, 6) is 0.868. The molecule has 0 aliphatic carbocycles. The quantitative estimate of drug-likeness (QED) is 0.826. The summed E-state index contributed by atoms with van der Waals surface area (Å²) in [4.78, 5) is 28.2. The summed E-state index contributed by atoms with van der Waals surface area (Å²) in [6.45, 7) is 5.76. The predicted octanol–water partition coefficient (Wildman–Crippen LogP) is 4.10. The van der Waals surface area contributed by atoms with Crippen molar-refractivity contribution >= 4 is 23.6 Å². The summed E-state index contributed by atoms with van der Waals surface area (Å²) in [6.07, 6.45) is 2.92. The maximum Gasteiger partial charge on any atom is 0.270 e. The highest BCUT2D eigenvalue weighted by molar-refractivity contribution is 7.99. The summed E-state index contributed by atoms with van der Waals surface area (Å²) in [5.41, 5.74) is 2.39. The Morgan fingerprint density at radius 1 is 1.25 bits per heavy atom. The largest absolute Gasteiger partial charge is 0.345 e. The number of nitrogens with one attached hydrogen (secondary N) is 1. The Balaban J connectivity index is 1.60. The van der Waals surface area contributed by atoms with Gasteiger partial charge < -0.3 is 14.8 Å². The number of hydrogen-bond acceptors (Lipinski definition) is 3. The molecule has 2 unspecified atom stereocenters. The average molecular weight is 398 g/mol. The zero-order valence-corrected chi connectivity index (χ0v) is 17.3. The number of fused-ring (bicyclic) bond motifs is 1. The molecule has 2 aromatic rings. The van der Waals surface area contributed by atoms with Crippen LogP contribution in [0.5, 0.6) is 0 Å². The van der Waals surface area contributed by atoms with Gasteiger partial charge in [-0.3, -0.25) is 9.59 Å². The number of benzene rings is 1. The van der Waals surface area contributed by atoms with Crippen molar-refractivity contribution in [3.05, 3.63) is 53.2 Å². The molecule has 2 aliphatic heterocycles. The fraction of sp³-hybridized carbons (Fsp3) is 0.455. The molecular weight excluding hydrogens is 370 g/mol. The minimum absolute atomic E-state index is 0.0339. The normalized spacial score (nSPS) is 19.5. The second-order valence-electron chi connectivity index (χ2n) is 7.58. The number of nitrogens with zero attached hydrogens (tertiary/aromatic N) is 2. The van der Waals surface area contributed by atoms with Gasteiger partial charge in [-0.15, -0.1) is 11.8 Å². The summed E-state index contributed by atoms with van der Waals surface area (Å²) in [6, 6.07) is 12.1. The zero-order valence-electron chi connectivity index (χ0n) is 16.5. The first kappa shape index (κ1) is 19.1. The Hall–Kier alpha value is -2.21. The highest BCUT2D eigenvalue weighted by Gasteiger charge is 2.33. The molecule has 6 heteroatoms. The molecule has 0 saturated carbocycles. The third-order valence-corrected chi connectivity index (χ3v) is 6.89. The van der Waals surface area contributed by atoms with Crippen LogP contribution in [0.3, 0.4) is 0 Å². The molecule has 148 valence electrons. The number of hydrogen-bond donors (Lipinski definition) is 1. The van der Waals surface area contributed by atoms with Gasteiger partial charge in [0.25, 0.3) is 11.8 Å². The van der Waals surface area contributed by atoms with Crippen LogP contribution in [-0.2, 0) is 6.54 Å². The molecule has 1 aromatic carbocycles. The summed E-state index contributed by atoms with van der Waals surface area (Å²) in [5, 5.41) is 4.10. The summed E-state index contributed by atoms with van der Waals surface area (Å²) >= 11 is 1.67. The van der Waals surface area contributed by atoms with Gasteiger partial charge in [0.2, 0.25) is 0 Å². The Morgan fingerprint density at radius 3 is 2.71 bits per heavy atom. The van der Waals surface area contributed by atoms with Crippen LogP contribution in [0.25, 0.3) is 0 Å². The lowest BCUT2D eigenvalue weighted by Gasteiger charge is -2.21. The summed E-state index contributed by atoms with van der Waals surface area (Å²) < 4.78 is 2.04. The topological polar surface area (TPSA) is 54.3 Å². The molecule has 1 fully saturated rings.